The van der Waals surface area contributed by atoms with Gasteiger partial charge in [-0.15, -0.1) is 0 Å². The maximum Gasteiger partial charge on any atom is 0.411 e. The van der Waals surface area contributed by atoms with Crippen molar-refractivity contribution in [2.45, 2.75) is 18.6 Å². The summed E-state index contributed by atoms with van der Waals surface area (Å²) in [5, 5.41) is 3.06. The summed E-state index contributed by atoms with van der Waals surface area (Å²) in [7, 11) is 3.30. The van der Waals surface area contributed by atoms with Crippen molar-refractivity contribution in [3.05, 3.63) is 28.2 Å². The number of hydrogen-bond acceptors (Lipinski definition) is 3. The fourth-order valence-electron chi connectivity index (χ4n) is 1.82. The van der Waals surface area contributed by atoms with Crippen LogP contribution >= 0.6 is 15.9 Å². The van der Waals surface area contributed by atoms with Crippen molar-refractivity contribution in [1.29, 1.82) is 0 Å². The molecule has 114 valence electrons. The summed E-state index contributed by atoms with van der Waals surface area (Å²) in [4.78, 5) is 0. The number of halogens is 4. The zero-order valence-corrected chi connectivity index (χ0v) is 12.8. The Hall–Kier alpha value is -0.790. The van der Waals surface area contributed by atoms with E-state index in [4.69, 9.17) is 4.74 Å². The lowest BCUT2D eigenvalue weighted by molar-refractivity contribution is -0.174. The molecule has 0 saturated heterocycles. The quantitative estimate of drug-likeness (QED) is 0.756. The smallest absolute Gasteiger partial charge is 0.411 e. The second kappa shape index (κ2) is 7.85. The number of alkyl halides is 3. The third kappa shape index (κ3) is 5.68. The molecule has 1 atom stereocenters. The summed E-state index contributed by atoms with van der Waals surface area (Å²) >= 11 is 3.37. The lowest BCUT2D eigenvalue weighted by Crippen LogP contribution is -2.22. The fraction of sp³-hybridized carbons (Fsp3) is 0.538. The average Bonchev–Trinajstić information content (AvgIpc) is 2.37. The van der Waals surface area contributed by atoms with Crippen LogP contribution in [0.3, 0.4) is 0 Å². The SMILES string of the molecule is CNC(CCOCC(F)(F)F)c1cc(Br)ccc1OC. The largest absolute Gasteiger partial charge is 0.496 e. The van der Waals surface area contributed by atoms with E-state index < -0.39 is 12.8 Å². The second-order valence-corrected chi connectivity index (χ2v) is 5.10. The van der Waals surface area contributed by atoms with E-state index in [1.807, 2.05) is 12.1 Å². The molecule has 7 heteroatoms. The van der Waals surface area contributed by atoms with Crippen molar-refractivity contribution >= 4 is 15.9 Å². The Morgan fingerprint density at radius 1 is 1.35 bits per heavy atom. The summed E-state index contributed by atoms with van der Waals surface area (Å²) < 4.78 is 46.7. The van der Waals surface area contributed by atoms with Crippen molar-refractivity contribution in [3.8, 4) is 5.75 Å². The van der Waals surface area contributed by atoms with Gasteiger partial charge < -0.3 is 14.8 Å². The second-order valence-electron chi connectivity index (χ2n) is 4.18. The minimum absolute atomic E-state index is 0.0146. The predicted molar refractivity (Wildman–Crippen MR) is 74.0 cm³/mol. The first-order valence-corrected chi connectivity index (χ1v) is 6.82. The Morgan fingerprint density at radius 2 is 2.05 bits per heavy atom. The molecular weight excluding hydrogens is 339 g/mol. The Morgan fingerprint density at radius 3 is 2.60 bits per heavy atom. The van der Waals surface area contributed by atoms with Crippen LogP contribution in [0.15, 0.2) is 22.7 Å². The molecule has 0 bridgehead atoms. The van der Waals surface area contributed by atoms with Gasteiger partial charge in [0.15, 0.2) is 0 Å². The molecule has 0 saturated carbocycles. The highest BCUT2D eigenvalue weighted by molar-refractivity contribution is 9.10. The van der Waals surface area contributed by atoms with Crippen LogP contribution in [0.1, 0.15) is 18.0 Å². The molecule has 1 unspecified atom stereocenters. The molecule has 0 aliphatic carbocycles. The van der Waals surface area contributed by atoms with Gasteiger partial charge in [-0.25, -0.2) is 0 Å². The van der Waals surface area contributed by atoms with Crippen molar-refractivity contribution < 1.29 is 22.6 Å². The van der Waals surface area contributed by atoms with E-state index >= 15 is 0 Å². The normalized spacial score (nSPS) is 13.3. The Kier molecular flexibility index (Phi) is 6.78. The van der Waals surface area contributed by atoms with Gasteiger partial charge in [0.2, 0.25) is 0 Å². The third-order valence-corrected chi connectivity index (χ3v) is 3.23. The molecule has 0 heterocycles. The number of nitrogens with one attached hydrogen (secondary N) is 1. The van der Waals surface area contributed by atoms with Gasteiger partial charge >= 0.3 is 6.18 Å². The van der Waals surface area contributed by atoms with Crippen LogP contribution in [0.4, 0.5) is 13.2 Å². The third-order valence-electron chi connectivity index (χ3n) is 2.73. The zero-order valence-electron chi connectivity index (χ0n) is 11.3. The van der Waals surface area contributed by atoms with Gasteiger partial charge in [-0.1, -0.05) is 15.9 Å². The van der Waals surface area contributed by atoms with Gasteiger partial charge in [0.05, 0.1) is 7.11 Å². The van der Waals surface area contributed by atoms with Crippen LogP contribution in [0, 0.1) is 0 Å². The maximum atomic E-state index is 12.0. The molecule has 20 heavy (non-hydrogen) atoms. The number of ether oxygens (including phenoxy) is 2. The van der Waals surface area contributed by atoms with E-state index in [0.717, 1.165) is 10.0 Å². The van der Waals surface area contributed by atoms with Crippen LogP contribution in [0.2, 0.25) is 0 Å². The van der Waals surface area contributed by atoms with E-state index in [-0.39, 0.29) is 12.6 Å². The topological polar surface area (TPSA) is 30.5 Å². The highest BCUT2D eigenvalue weighted by Gasteiger charge is 2.27. The number of benzene rings is 1. The van der Waals surface area contributed by atoms with Crippen molar-refractivity contribution in [3.63, 3.8) is 0 Å². The van der Waals surface area contributed by atoms with Gasteiger partial charge in [-0.05, 0) is 31.7 Å². The maximum absolute atomic E-state index is 12.0. The zero-order chi connectivity index (χ0) is 15.2. The lowest BCUT2D eigenvalue weighted by Gasteiger charge is -2.20. The van der Waals surface area contributed by atoms with Crippen molar-refractivity contribution in [1.82, 2.24) is 5.32 Å². The van der Waals surface area contributed by atoms with E-state index in [2.05, 4.69) is 26.0 Å². The van der Waals surface area contributed by atoms with Gasteiger partial charge in [0.25, 0.3) is 0 Å². The summed E-state index contributed by atoms with van der Waals surface area (Å²) in [6.07, 6.45) is -3.87. The first kappa shape index (κ1) is 17.3. The molecular formula is C13H17BrF3NO2. The molecule has 0 aliphatic heterocycles. The van der Waals surface area contributed by atoms with E-state index in [1.165, 1.54) is 0 Å². The van der Waals surface area contributed by atoms with Gasteiger partial charge in [0.1, 0.15) is 12.4 Å². The van der Waals surface area contributed by atoms with Gasteiger partial charge in [-0.3, -0.25) is 0 Å². The first-order valence-electron chi connectivity index (χ1n) is 6.02. The highest BCUT2D eigenvalue weighted by Crippen LogP contribution is 2.30. The molecule has 0 spiro atoms. The number of hydrogen-bond donors (Lipinski definition) is 1. The minimum atomic E-state index is -4.29. The molecule has 1 rings (SSSR count). The summed E-state index contributed by atoms with van der Waals surface area (Å²) in [5.74, 6) is 0.684. The Bertz CT molecular complexity index is 427. The van der Waals surface area contributed by atoms with Crippen molar-refractivity contribution in [2.24, 2.45) is 0 Å². The van der Waals surface area contributed by atoms with Gasteiger partial charge in [0, 0.05) is 22.7 Å². The molecule has 1 N–H and O–H groups in total. The van der Waals surface area contributed by atoms with E-state index in [0.29, 0.717) is 12.2 Å². The molecule has 0 fully saturated rings. The van der Waals surface area contributed by atoms with Crippen LogP contribution in [0.5, 0.6) is 5.75 Å². The van der Waals surface area contributed by atoms with Crippen LogP contribution in [-0.4, -0.2) is 33.5 Å². The monoisotopic (exact) mass is 355 g/mol. The summed E-state index contributed by atoms with van der Waals surface area (Å²) in [5.41, 5.74) is 0.875. The molecule has 0 aromatic heterocycles. The molecule has 1 aromatic rings. The standard InChI is InChI=1S/C13H17BrF3NO2/c1-18-11(5-6-20-8-13(15,16)17)10-7-9(14)3-4-12(10)19-2/h3-4,7,11,18H,5-6,8H2,1-2H3. The van der Waals surface area contributed by atoms with Crippen molar-refractivity contribution in [2.75, 3.05) is 27.4 Å². The summed E-state index contributed by atoms with van der Waals surface area (Å²) in [6.45, 7) is -1.21. The van der Waals surface area contributed by atoms with E-state index in [1.54, 1.807) is 20.2 Å². The highest BCUT2D eigenvalue weighted by atomic mass is 79.9. The fourth-order valence-corrected chi connectivity index (χ4v) is 2.20. The number of rotatable bonds is 7. The van der Waals surface area contributed by atoms with Crippen LogP contribution in [0.25, 0.3) is 0 Å². The molecule has 3 nitrogen and oxygen atoms in total. The minimum Gasteiger partial charge on any atom is -0.496 e. The molecule has 1 aromatic carbocycles. The Labute approximate surface area is 124 Å². The molecule has 0 amide bonds. The molecule has 0 radical (unpaired) electrons. The summed E-state index contributed by atoms with van der Waals surface area (Å²) in [6, 6.07) is 5.38. The van der Waals surface area contributed by atoms with Gasteiger partial charge in [-0.2, -0.15) is 13.2 Å². The average molecular weight is 356 g/mol. The number of methoxy groups -OCH3 is 1. The Balaban J connectivity index is 2.64. The molecule has 0 aliphatic rings. The lowest BCUT2D eigenvalue weighted by atomic mass is 10.0. The van der Waals surface area contributed by atoms with E-state index in [9.17, 15) is 13.2 Å². The predicted octanol–water partition coefficient (Wildman–Crippen LogP) is 3.69. The van der Waals surface area contributed by atoms with Crippen LogP contribution in [-0.2, 0) is 4.74 Å². The first-order chi connectivity index (χ1) is 9.37. The van der Waals surface area contributed by atoms with Crippen LogP contribution < -0.4 is 10.1 Å².